The number of aromatic amines is 1. The number of anilines is 2. The average Bonchev–Trinajstić information content (AvgIpc) is 2.62. The van der Waals surface area contributed by atoms with Crippen molar-refractivity contribution < 1.29 is 14.6 Å². The topological polar surface area (TPSA) is 73.0 Å². The van der Waals surface area contributed by atoms with Gasteiger partial charge in [-0.3, -0.25) is 15.0 Å². The number of ether oxygens (including phenoxy) is 1. The Kier molecular flexibility index (Phi) is 4.27. The smallest absolute Gasteiger partial charge is 0.357 e. The lowest BCUT2D eigenvalue weighted by molar-refractivity contribution is -0.411. The largest absolute Gasteiger partial charge is 0.495 e. The lowest BCUT2D eigenvalue weighted by Gasteiger charge is -2.33. The molecule has 1 aromatic heterocycles. The van der Waals surface area contributed by atoms with Gasteiger partial charge in [0.2, 0.25) is 0 Å². The standard InChI is InChI=1S/C16H18N4O3/c1-23-15-7-3-2-5-13(15)18-9-11-19(12-10-18)16-14(20(21)22)6-4-8-17-16/h2-8H,9-12H2,1H3/p+1. The molecule has 0 spiro atoms. The van der Waals surface area contributed by atoms with Gasteiger partial charge in [0.05, 0.1) is 37.0 Å². The molecule has 3 rings (SSSR count). The highest BCUT2D eigenvalue weighted by molar-refractivity contribution is 5.60. The number of nitrogens with zero attached hydrogens (tertiary/aromatic N) is 3. The highest BCUT2D eigenvalue weighted by Crippen LogP contribution is 2.30. The van der Waals surface area contributed by atoms with Crippen LogP contribution in [-0.2, 0) is 0 Å². The number of methoxy groups -OCH3 is 1. The number of H-pyrrole nitrogens is 1. The molecule has 0 aliphatic carbocycles. The second kappa shape index (κ2) is 6.51. The number of hydrogen-bond acceptors (Lipinski definition) is 5. The molecule has 1 aliphatic rings. The molecule has 0 unspecified atom stereocenters. The zero-order valence-electron chi connectivity index (χ0n) is 12.9. The maximum Gasteiger partial charge on any atom is 0.357 e. The Morgan fingerprint density at radius 1 is 1.09 bits per heavy atom. The zero-order chi connectivity index (χ0) is 16.2. The van der Waals surface area contributed by atoms with Gasteiger partial charge in [-0.15, -0.1) is 0 Å². The van der Waals surface area contributed by atoms with E-state index in [0.29, 0.717) is 18.9 Å². The maximum atomic E-state index is 11.2. The van der Waals surface area contributed by atoms with Crippen molar-refractivity contribution in [2.24, 2.45) is 0 Å². The molecule has 7 nitrogen and oxygen atoms in total. The summed E-state index contributed by atoms with van der Waals surface area (Å²) in [5.41, 5.74) is 1.17. The molecule has 120 valence electrons. The van der Waals surface area contributed by atoms with Gasteiger partial charge >= 0.3 is 11.5 Å². The molecule has 0 atom stereocenters. The van der Waals surface area contributed by atoms with Gasteiger partial charge in [-0.05, 0) is 18.2 Å². The first-order chi connectivity index (χ1) is 11.2. The van der Waals surface area contributed by atoms with Gasteiger partial charge < -0.3 is 9.64 Å². The van der Waals surface area contributed by atoms with Crippen LogP contribution >= 0.6 is 0 Å². The van der Waals surface area contributed by atoms with E-state index in [1.54, 1.807) is 19.4 Å². The van der Waals surface area contributed by atoms with Crippen LogP contribution < -0.4 is 19.5 Å². The number of nitrogens with one attached hydrogen (secondary N) is 1. The fourth-order valence-electron chi connectivity index (χ4n) is 2.88. The van der Waals surface area contributed by atoms with Gasteiger partial charge in [-0.2, -0.15) is 0 Å². The molecule has 1 fully saturated rings. The second-order valence-corrected chi connectivity index (χ2v) is 5.31. The third kappa shape index (κ3) is 3.03. The minimum atomic E-state index is -0.349. The van der Waals surface area contributed by atoms with Crippen molar-refractivity contribution in [2.75, 3.05) is 43.1 Å². The monoisotopic (exact) mass is 315 g/mol. The molecule has 0 saturated carbocycles. The van der Waals surface area contributed by atoms with Crippen LogP contribution in [0.5, 0.6) is 5.75 Å². The Labute approximate surface area is 134 Å². The third-order valence-electron chi connectivity index (χ3n) is 4.03. The van der Waals surface area contributed by atoms with E-state index in [4.69, 9.17) is 4.74 Å². The molecule has 2 heterocycles. The summed E-state index contributed by atoms with van der Waals surface area (Å²) in [5.74, 6) is 1.41. The number of benzene rings is 1. The van der Waals surface area contributed by atoms with Gasteiger partial charge in [-0.1, -0.05) is 12.1 Å². The van der Waals surface area contributed by atoms with Crippen LogP contribution in [0.4, 0.5) is 17.2 Å². The first-order valence-electron chi connectivity index (χ1n) is 7.48. The van der Waals surface area contributed by atoms with E-state index in [2.05, 4.69) is 9.88 Å². The molecular weight excluding hydrogens is 296 g/mol. The van der Waals surface area contributed by atoms with Crippen LogP contribution in [0.2, 0.25) is 0 Å². The average molecular weight is 315 g/mol. The molecule has 1 saturated heterocycles. The van der Waals surface area contributed by atoms with Crippen LogP contribution in [0.3, 0.4) is 0 Å². The van der Waals surface area contributed by atoms with Crippen LogP contribution in [0.1, 0.15) is 0 Å². The van der Waals surface area contributed by atoms with Crippen LogP contribution in [0.25, 0.3) is 0 Å². The van der Waals surface area contributed by atoms with Crippen molar-refractivity contribution in [3.63, 3.8) is 0 Å². The fraction of sp³-hybridized carbons (Fsp3) is 0.312. The molecule has 0 amide bonds. The Hall–Kier alpha value is -2.83. The van der Waals surface area contributed by atoms with E-state index in [1.165, 1.54) is 6.07 Å². The van der Waals surface area contributed by atoms with Gasteiger partial charge in [0.15, 0.2) is 0 Å². The molecule has 2 aromatic rings. The van der Waals surface area contributed by atoms with Gasteiger partial charge in [0.25, 0.3) is 0 Å². The van der Waals surface area contributed by atoms with Crippen molar-refractivity contribution in [1.29, 1.82) is 0 Å². The van der Waals surface area contributed by atoms with Crippen molar-refractivity contribution in [2.45, 2.75) is 0 Å². The summed E-state index contributed by atoms with van der Waals surface area (Å²) < 4.78 is 5.41. The Morgan fingerprint density at radius 3 is 2.48 bits per heavy atom. The van der Waals surface area contributed by atoms with Gasteiger partial charge in [0.1, 0.15) is 18.8 Å². The normalized spacial score (nSPS) is 14.7. The second-order valence-electron chi connectivity index (χ2n) is 5.31. The number of para-hydroxylation sites is 2. The van der Waals surface area contributed by atoms with E-state index in [0.717, 1.165) is 24.5 Å². The molecule has 23 heavy (non-hydrogen) atoms. The highest BCUT2D eigenvalue weighted by atomic mass is 16.6. The lowest BCUT2D eigenvalue weighted by atomic mass is 10.2. The summed E-state index contributed by atoms with van der Waals surface area (Å²) in [6.45, 7) is 2.97. The predicted octanol–water partition coefficient (Wildman–Crippen LogP) is 1.74. The Morgan fingerprint density at radius 2 is 1.78 bits per heavy atom. The molecule has 1 aromatic carbocycles. The SMILES string of the molecule is COc1ccccc1N1CCN(c2[nH+]cccc2[N+](=O)[O-])CC1. The number of nitro groups is 1. The fourth-order valence-corrected chi connectivity index (χ4v) is 2.88. The number of hydrogen-bond donors (Lipinski definition) is 0. The Bertz CT molecular complexity index is 699. The maximum absolute atomic E-state index is 11.2. The van der Waals surface area contributed by atoms with Crippen LogP contribution in [0.15, 0.2) is 42.6 Å². The van der Waals surface area contributed by atoms with Gasteiger partial charge in [0, 0.05) is 6.07 Å². The molecule has 7 heteroatoms. The summed E-state index contributed by atoms with van der Waals surface area (Å²) in [7, 11) is 1.66. The van der Waals surface area contributed by atoms with Crippen molar-refractivity contribution in [3.8, 4) is 5.75 Å². The highest BCUT2D eigenvalue weighted by Gasteiger charge is 2.31. The van der Waals surface area contributed by atoms with Crippen LogP contribution in [-0.4, -0.2) is 38.2 Å². The third-order valence-corrected chi connectivity index (χ3v) is 4.03. The number of rotatable bonds is 4. The number of aromatic nitrogens is 1. The summed E-state index contributed by atoms with van der Waals surface area (Å²) >= 11 is 0. The summed E-state index contributed by atoms with van der Waals surface area (Å²) in [6, 6.07) is 11.1. The zero-order valence-corrected chi connectivity index (χ0v) is 12.9. The van der Waals surface area contributed by atoms with E-state index in [-0.39, 0.29) is 10.6 Å². The lowest BCUT2D eigenvalue weighted by Crippen LogP contribution is -2.48. The molecule has 1 N–H and O–H groups in total. The molecule has 0 bridgehead atoms. The minimum Gasteiger partial charge on any atom is -0.495 e. The van der Waals surface area contributed by atoms with E-state index in [1.807, 2.05) is 29.2 Å². The summed E-state index contributed by atoms with van der Waals surface area (Å²) in [4.78, 5) is 18.1. The van der Waals surface area contributed by atoms with E-state index >= 15 is 0 Å². The summed E-state index contributed by atoms with van der Waals surface area (Å²) in [5, 5.41) is 11.2. The van der Waals surface area contributed by atoms with Crippen LogP contribution in [0, 0.1) is 10.1 Å². The first-order valence-corrected chi connectivity index (χ1v) is 7.48. The van der Waals surface area contributed by atoms with Crippen molar-refractivity contribution in [3.05, 3.63) is 52.7 Å². The number of piperazine rings is 1. The summed E-state index contributed by atoms with van der Waals surface area (Å²) in [6.07, 6.45) is 1.72. The molecular formula is C16H19N4O3+. The molecule has 1 aliphatic heterocycles. The van der Waals surface area contributed by atoms with Crippen molar-refractivity contribution in [1.82, 2.24) is 0 Å². The molecule has 0 radical (unpaired) electrons. The van der Waals surface area contributed by atoms with Gasteiger partial charge in [-0.25, -0.2) is 4.98 Å². The Balaban J connectivity index is 1.75. The van der Waals surface area contributed by atoms with E-state index < -0.39 is 0 Å². The first kappa shape index (κ1) is 15.1. The quantitative estimate of drug-likeness (QED) is 0.635. The predicted molar refractivity (Wildman–Crippen MR) is 87.1 cm³/mol. The van der Waals surface area contributed by atoms with E-state index in [9.17, 15) is 10.1 Å². The van der Waals surface area contributed by atoms with Crippen molar-refractivity contribution >= 4 is 17.2 Å². The minimum absolute atomic E-state index is 0.109. The number of pyridine rings is 1.